The molecule has 0 spiro atoms. The van der Waals surface area contributed by atoms with Crippen LogP contribution in [0.3, 0.4) is 0 Å². The molecule has 6 N–H and O–H groups in total. The summed E-state index contributed by atoms with van der Waals surface area (Å²) in [6, 6.07) is 14.9. The molecule has 0 bridgehead atoms. The average Bonchev–Trinajstić information content (AvgIpc) is 2.80. The lowest BCUT2D eigenvalue weighted by atomic mass is 9.73. The maximum absolute atomic E-state index is 13.6. The van der Waals surface area contributed by atoms with E-state index in [1.165, 1.54) is 18.2 Å². The van der Waals surface area contributed by atoms with Crippen LogP contribution in [0.4, 0.5) is 0 Å². The van der Waals surface area contributed by atoms with Crippen molar-refractivity contribution in [3.8, 4) is 5.75 Å². The van der Waals surface area contributed by atoms with E-state index in [2.05, 4.69) is 0 Å². The number of phenolic OH excluding ortho intramolecular Hbond substituents is 1. The van der Waals surface area contributed by atoms with Gasteiger partial charge >= 0.3 is 0 Å². The summed E-state index contributed by atoms with van der Waals surface area (Å²) in [6.07, 6.45) is 3.80. The lowest BCUT2D eigenvalue weighted by Gasteiger charge is -2.40. The number of hydrazine groups is 1. The Hall–Kier alpha value is -3.21. The second kappa shape index (κ2) is 12.0. The number of hydroxylamine groups is 1. The van der Waals surface area contributed by atoms with E-state index in [0.717, 1.165) is 6.26 Å². The number of carbonyl (C=O) groups excluding carboxylic acids is 2. The van der Waals surface area contributed by atoms with Crippen molar-refractivity contribution in [2.24, 2.45) is 23.6 Å². The third-order valence-corrected chi connectivity index (χ3v) is 7.88. The van der Waals surface area contributed by atoms with Crippen LogP contribution in [0.15, 0.2) is 60.7 Å². The lowest BCUT2D eigenvalue weighted by molar-refractivity contribution is -0.141. The molecule has 3 atom stereocenters. The molecule has 2 amide bonds. The zero-order valence-electron chi connectivity index (χ0n) is 20.0. The molecule has 35 heavy (non-hydrogen) atoms. The third kappa shape index (κ3) is 6.91. The first-order valence-corrected chi connectivity index (χ1v) is 13.0. The van der Waals surface area contributed by atoms with Gasteiger partial charge in [0.15, 0.2) is 9.84 Å². The molecular formula is C25H33N3O6S. The van der Waals surface area contributed by atoms with Crippen LogP contribution in [0, 0.1) is 17.8 Å². The van der Waals surface area contributed by atoms with Crippen LogP contribution in [0.1, 0.15) is 31.4 Å². The molecule has 0 radical (unpaired) electrons. The Morgan fingerprint density at radius 1 is 1.09 bits per heavy atom. The molecule has 0 aliphatic rings. The summed E-state index contributed by atoms with van der Waals surface area (Å²) in [5.41, 5.74) is 4.69. The van der Waals surface area contributed by atoms with Crippen molar-refractivity contribution in [3.63, 3.8) is 0 Å². The van der Waals surface area contributed by atoms with Gasteiger partial charge in [-0.3, -0.25) is 20.2 Å². The van der Waals surface area contributed by atoms with Crippen LogP contribution in [0.25, 0.3) is 6.08 Å². The highest BCUT2D eigenvalue weighted by Gasteiger charge is 2.54. The molecule has 0 saturated carbocycles. The van der Waals surface area contributed by atoms with Crippen LogP contribution in [0.5, 0.6) is 5.75 Å². The summed E-state index contributed by atoms with van der Waals surface area (Å²) in [6.45, 7) is 3.64. The standard InChI is InChI=1S/C25H33N3O6S/c1-17(2)14-21(23(30)27-26)22(24(31)28-32)25(35(3,33)34,13-12-18-8-5-4-6-9-18)16-19-10-7-11-20(29)15-19/h4-13,15,17,21-22,29,32H,14,16,26H2,1-3H3,(H,27,30)(H,28,31)/b13-12+/t21-,22+,25?/m1/s1. The Bertz CT molecular complexity index is 1150. The second-order valence-corrected chi connectivity index (χ2v) is 11.3. The van der Waals surface area contributed by atoms with Gasteiger partial charge in [0.1, 0.15) is 10.5 Å². The van der Waals surface area contributed by atoms with Crippen LogP contribution < -0.4 is 16.7 Å². The van der Waals surface area contributed by atoms with Gasteiger partial charge in [0.25, 0.3) is 0 Å². The quantitative estimate of drug-likeness (QED) is 0.136. The van der Waals surface area contributed by atoms with Crippen molar-refractivity contribution >= 4 is 27.7 Å². The van der Waals surface area contributed by atoms with Gasteiger partial charge in [-0.25, -0.2) is 19.7 Å². The van der Waals surface area contributed by atoms with Crippen LogP contribution in [-0.2, 0) is 25.8 Å². The molecule has 190 valence electrons. The van der Waals surface area contributed by atoms with Gasteiger partial charge in [0.2, 0.25) is 11.8 Å². The molecule has 2 aromatic rings. The fourth-order valence-electron chi connectivity index (χ4n) is 4.37. The normalized spacial score (nSPS) is 15.4. The zero-order valence-corrected chi connectivity index (χ0v) is 20.8. The van der Waals surface area contributed by atoms with Gasteiger partial charge in [-0.1, -0.05) is 68.5 Å². The molecule has 0 heterocycles. The van der Waals surface area contributed by atoms with E-state index >= 15 is 0 Å². The van der Waals surface area contributed by atoms with Gasteiger partial charge in [-0.15, -0.1) is 0 Å². The first-order valence-electron chi connectivity index (χ1n) is 11.1. The first kappa shape index (κ1) is 28.0. The Kier molecular flexibility index (Phi) is 9.58. The number of nitrogens with two attached hydrogens (primary N) is 1. The number of amides is 2. The number of rotatable bonds is 11. The highest BCUT2D eigenvalue weighted by atomic mass is 32.2. The van der Waals surface area contributed by atoms with Gasteiger partial charge in [0, 0.05) is 6.26 Å². The molecule has 0 aliphatic heterocycles. The molecule has 0 saturated heterocycles. The minimum Gasteiger partial charge on any atom is -0.508 e. The summed E-state index contributed by atoms with van der Waals surface area (Å²) >= 11 is 0. The minimum atomic E-state index is -4.15. The summed E-state index contributed by atoms with van der Waals surface area (Å²) in [7, 11) is -4.15. The summed E-state index contributed by atoms with van der Waals surface area (Å²) in [5.74, 6) is 0.704. The lowest BCUT2D eigenvalue weighted by Crippen LogP contribution is -2.57. The molecule has 0 aliphatic carbocycles. The van der Waals surface area contributed by atoms with Crippen molar-refractivity contribution in [2.75, 3.05) is 6.26 Å². The van der Waals surface area contributed by atoms with E-state index < -0.39 is 38.2 Å². The zero-order chi connectivity index (χ0) is 26.2. The molecule has 0 fully saturated rings. The maximum atomic E-state index is 13.6. The number of carbonyl (C=O) groups is 2. The van der Waals surface area contributed by atoms with Gasteiger partial charge in [-0.05, 0) is 42.0 Å². The smallest absolute Gasteiger partial charge is 0.249 e. The van der Waals surface area contributed by atoms with E-state index in [1.807, 2.05) is 19.3 Å². The van der Waals surface area contributed by atoms with Crippen LogP contribution in [0.2, 0.25) is 0 Å². The Morgan fingerprint density at radius 2 is 1.74 bits per heavy atom. The first-order chi connectivity index (χ1) is 16.4. The van der Waals surface area contributed by atoms with E-state index in [9.17, 15) is 28.3 Å². The highest BCUT2D eigenvalue weighted by molar-refractivity contribution is 7.92. The average molecular weight is 504 g/mol. The van der Waals surface area contributed by atoms with E-state index in [-0.39, 0.29) is 24.5 Å². The van der Waals surface area contributed by atoms with Crippen LogP contribution in [-0.4, -0.2) is 41.5 Å². The molecule has 10 heteroatoms. The summed E-state index contributed by atoms with van der Waals surface area (Å²) in [4.78, 5) is 26.1. The van der Waals surface area contributed by atoms with Gasteiger partial charge in [0.05, 0.1) is 11.8 Å². The van der Waals surface area contributed by atoms with Crippen molar-refractivity contribution < 1.29 is 28.3 Å². The number of sulfone groups is 1. The molecule has 0 aromatic heterocycles. The topological polar surface area (TPSA) is 159 Å². The van der Waals surface area contributed by atoms with Crippen molar-refractivity contribution in [2.45, 2.75) is 31.4 Å². The molecule has 1 unspecified atom stereocenters. The monoisotopic (exact) mass is 503 g/mol. The maximum Gasteiger partial charge on any atom is 0.249 e. The molecule has 9 nitrogen and oxygen atoms in total. The predicted molar refractivity (Wildman–Crippen MR) is 134 cm³/mol. The third-order valence-electron chi connectivity index (χ3n) is 5.96. The number of phenols is 1. The van der Waals surface area contributed by atoms with E-state index in [0.29, 0.717) is 11.1 Å². The number of aromatic hydroxyl groups is 1. The number of hydrogen-bond acceptors (Lipinski definition) is 7. The van der Waals surface area contributed by atoms with Gasteiger partial charge < -0.3 is 5.11 Å². The number of hydrogen-bond donors (Lipinski definition) is 5. The molecule has 2 aromatic carbocycles. The summed E-state index contributed by atoms with van der Waals surface area (Å²) < 4.78 is 25.2. The fourth-order valence-corrected chi connectivity index (χ4v) is 5.85. The number of nitrogens with one attached hydrogen (secondary N) is 2. The SMILES string of the molecule is CC(C)C[C@@H](C(=O)NN)[C@@H](C(=O)NO)C(/C=C/c1ccccc1)(Cc1cccc(O)c1)S(C)(=O)=O. The van der Waals surface area contributed by atoms with E-state index in [1.54, 1.807) is 54.0 Å². The molecular weight excluding hydrogens is 470 g/mol. The molecule has 2 rings (SSSR count). The number of benzene rings is 2. The van der Waals surface area contributed by atoms with E-state index in [4.69, 9.17) is 5.84 Å². The Balaban J connectivity index is 2.89. The second-order valence-electron chi connectivity index (χ2n) is 9.02. The van der Waals surface area contributed by atoms with Crippen LogP contribution >= 0.6 is 0 Å². The highest BCUT2D eigenvalue weighted by Crippen LogP contribution is 2.40. The fraction of sp³-hybridized carbons (Fsp3) is 0.360. The Labute approximate surface area is 205 Å². The van der Waals surface area contributed by atoms with Crippen molar-refractivity contribution in [3.05, 3.63) is 71.8 Å². The van der Waals surface area contributed by atoms with Gasteiger partial charge in [-0.2, -0.15) is 0 Å². The predicted octanol–water partition coefficient (Wildman–Crippen LogP) is 2.21. The van der Waals surface area contributed by atoms with Crippen molar-refractivity contribution in [1.82, 2.24) is 10.9 Å². The minimum absolute atomic E-state index is 0.0847. The van der Waals surface area contributed by atoms with Crippen molar-refractivity contribution in [1.29, 1.82) is 0 Å². The summed E-state index contributed by atoms with van der Waals surface area (Å²) in [5, 5.41) is 19.6. The Morgan fingerprint density at radius 3 is 2.26 bits per heavy atom. The largest absolute Gasteiger partial charge is 0.508 e.